The predicted molar refractivity (Wildman–Crippen MR) is 74.2 cm³/mol. The van der Waals surface area contributed by atoms with Crippen LogP contribution in [-0.2, 0) is 0 Å². The number of aromatic nitrogens is 1. The summed E-state index contributed by atoms with van der Waals surface area (Å²) in [7, 11) is 0. The Morgan fingerprint density at radius 3 is 2.88 bits per heavy atom. The largest absolute Gasteiger partial charge is 0.348 e. The van der Waals surface area contributed by atoms with Crippen molar-refractivity contribution in [2.24, 2.45) is 0 Å². The fraction of sp³-hybridized carbons (Fsp3) is 0.455. The molecule has 1 N–H and O–H groups in total. The summed E-state index contributed by atoms with van der Waals surface area (Å²) >= 11 is 13.3. The second kappa shape index (κ2) is 7.09. The average Bonchev–Trinajstić information content (AvgIpc) is 2.31. The highest BCUT2D eigenvalue weighted by Crippen LogP contribution is 2.18. The van der Waals surface area contributed by atoms with Crippen molar-refractivity contribution in [1.29, 1.82) is 0 Å². The van der Waals surface area contributed by atoms with Gasteiger partial charge in [0.15, 0.2) is 0 Å². The molecular formula is C11H14Cl2N2OS. The van der Waals surface area contributed by atoms with Gasteiger partial charge in [-0.25, -0.2) is 4.98 Å². The Bertz CT molecular complexity index is 401. The molecule has 0 fully saturated rings. The molecule has 0 spiro atoms. The standard InChI is InChI=1S/C11H14Cl2N2OS/c1-3-7(6-17-2)15-11(16)8-4-10(13)14-5-9(8)12/h4-5,7H,3,6H2,1-2H3,(H,15,16). The SMILES string of the molecule is CCC(CSC)NC(=O)c1cc(Cl)ncc1Cl. The Kier molecular flexibility index (Phi) is 6.09. The van der Waals surface area contributed by atoms with E-state index in [1.54, 1.807) is 11.8 Å². The Morgan fingerprint density at radius 2 is 2.29 bits per heavy atom. The number of hydrogen-bond acceptors (Lipinski definition) is 3. The van der Waals surface area contributed by atoms with Crippen LogP contribution in [0.2, 0.25) is 10.2 Å². The molecule has 1 aromatic rings. The van der Waals surface area contributed by atoms with E-state index in [4.69, 9.17) is 23.2 Å². The van der Waals surface area contributed by atoms with E-state index < -0.39 is 0 Å². The van der Waals surface area contributed by atoms with Gasteiger partial charge in [-0.3, -0.25) is 4.79 Å². The van der Waals surface area contributed by atoms with Gasteiger partial charge in [-0.2, -0.15) is 11.8 Å². The van der Waals surface area contributed by atoms with Gasteiger partial charge in [-0.15, -0.1) is 0 Å². The first-order valence-corrected chi connectivity index (χ1v) is 7.34. The van der Waals surface area contributed by atoms with Crippen molar-refractivity contribution < 1.29 is 4.79 Å². The lowest BCUT2D eigenvalue weighted by molar-refractivity contribution is 0.0940. The first kappa shape index (κ1) is 14.6. The number of carbonyl (C=O) groups is 1. The number of pyridine rings is 1. The van der Waals surface area contributed by atoms with E-state index in [-0.39, 0.29) is 17.1 Å². The van der Waals surface area contributed by atoms with Crippen molar-refractivity contribution in [1.82, 2.24) is 10.3 Å². The molecular weight excluding hydrogens is 279 g/mol. The van der Waals surface area contributed by atoms with Gasteiger partial charge in [0.05, 0.1) is 10.6 Å². The second-order valence-electron chi connectivity index (χ2n) is 3.52. The minimum Gasteiger partial charge on any atom is -0.348 e. The molecule has 3 nitrogen and oxygen atoms in total. The molecule has 0 aliphatic rings. The minimum atomic E-state index is -0.208. The lowest BCUT2D eigenvalue weighted by Crippen LogP contribution is -2.36. The van der Waals surface area contributed by atoms with Gasteiger partial charge < -0.3 is 5.32 Å². The molecule has 0 radical (unpaired) electrons. The molecule has 0 aliphatic carbocycles. The third-order valence-corrected chi connectivity index (χ3v) is 3.51. The molecule has 0 saturated heterocycles. The van der Waals surface area contributed by atoms with Crippen LogP contribution in [0.3, 0.4) is 0 Å². The highest BCUT2D eigenvalue weighted by atomic mass is 35.5. The summed E-state index contributed by atoms with van der Waals surface area (Å²) in [5, 5.41) is 3.49. The molecule has 0 bridgehead atoms. The van der Waals surface area contributed by atoms with Crippen LogP contribution >= 0.6 is 35.0 Å². The lowest BCUT2D eigenvalue weighted by atomic mass is 10.2. The quantitative estimate of drug-likeness (QED) is 0.847. The number of thioether (sulfide) groups is 1. The van der Waals surface area contributed by atoms with Crippen LogP contribution in [0, 0.1) is 0 Å². The number of halogens is 2. The van der Waals surface area contributed by atoms with E-state index >= 15 is 0 Å². The summed E-state index contributed by atoms with van der Waals surface area (Å²) in [6.45, 7) is 2.03. The van der Waals surface area contributed by atoms with E-state index in [1.165, 1.54) is 12.3 Å². The maximum Gasteiger partial charge on any atom is 0.253 e. The van der Waals surface area contributed by atoms with Crippen molar-refractivity contribution in [2.45, 2.75) is 19.4 Å². The van der Waals surface area contributed by atoms with Gasteiger partial charge in [0.25, 0.3) is 5.91 Å². The molecule has 6 heteroatoms. The topological polar surface area (TPSA) is 42.0 Å². The average molecular weight is 293 g/mol. The lowest BCUT2D eigenvalue weighted by Gasteiger charge is -2.16. The van der Waals surface area contributed by atoms with Gasteiger partial charge in [-0.05, 0) is 18.7 Å². The third kappa shape index (κ3) is 4.37. The summed E-state index contributed by atoms with van der Waals surface area (Å²) in [6.07, 6.45) is 4.27. The van der Waals surface area contributed by atoms with E-state index in [2.05, 4.69) is 10.3 Å². The van der Waals surface area contributed by atoms with Crippen molar-refractivity contribution in [3.8, 4) is 0 Å². The Labute approximate surface area is 115 Å². The summed E-state index contributed by atoms with van der Waals surface area (Å²) < 4.78 is 0. The van der Waals surface area contributed by atoms with Crippen molar-refractivity contribution in [3.63, 3.8) is 0 Å². The molecule has 17 heavy (non-hydrogen) atoms. The van der Waals surface area contributed by atoms with Crippen LogP contribution in [0.25, 0.3) is 0 Å². The van der Waals surface area contributed by atoms with Crippen LogP contribution < -0.4 is 5.32 Å². The highest BCUT2D eigenvalue weighted by molar-refractivity contribution is 7.98. The van der Waals surface area contributed by atoms with E-state index in [9.17, 15) is 4.79 Å². The number of hydrogen-bond donors (Lipinski definition) is 1. The zero-order valence-electron chi connectivity index (χ0n) is 9.67. The Balaban J connectivity index is 2.78. The number of amides is 1. The third-order valence-electron chi connectivity index (χ3n) is 2.26. The molecule has 0 aliphatic heterocycles. The van der Waals surface area contributed by atoms with E-state index in [1.807, 2.05) is 13.2 Å². The van der Waals surface area contributed by atoms with Gasteiger partial charge in [0.2, 0.25) is 0 Å². The maximum atomic E-state index is 12.0. The van der Waals surface area contributed by atoms with Crippen LogP contribution in [0.5, 0.6) is 0 Å². The number of rotatable bonds is 5. The molecule has 0 aromatic carbocycles. The molecule has 1 aromatic heterocycles. The number of nitrogens with one attached hydrogen (secondary N) is 1. The minimum absolute atomic E-state index is 0.139. The summed E-state index contributed by atoms with van der Waals surface area (Å²) in [6, 6.07) is 1.62. The fourth-order valence-electron chi connectivity index (χ4n) is 1.31. The summed E-state index contributed by atoms with van der Waals surface area (Å²) in [4.78, 5) is 15.8. The van der Waals surface area contributed by atoms with Crippen LogP contribution in [0.15, 0.2) is 12.3 Å². The molecule has 1 heterocycles. The Morgan fingerprint density at radius 1 is 1.59 bits per heavy atom. The van der Waals surface area contributed by atoms with Gasteiger partial charge >= 0.3 is 0 Å². The molecule has 1 unspecified atom stereocenters. The summed E-state index contributed by atoms with van der Waals surface area (Å²) in [5.41, 5.74) is 0.367. The molecule has 94 valence electrons. The monoisotopic (exact) mass is 292 g/mol. The predicted octanol–water partition coefficient (Wildman–Crippen LogP) is 3.26. The molecule has 1 atom stereocenters. The first-order valence-electron chi connectivity index (χ1n) is 5.19. The van der Waals surface area contributed by atoms with Gasteiger partial charge in [0, 0.05) is 18.0 Å². The summed E-state index contributed by atoms with van der Waals surface area (Å²) in [5.74, 6) is 0.666. The van der Waals surface area contributed by atoms with Gasteiger partial charge in [0.1, 0.15) is 5.15 Å². The van der Waals surface area contributed by atoms with E-state index in [0.717, 1.165) is 12.2 Å². The molecule has 1 rings (SSSR count). The number of carbonyl (C=O) groups excluding carboxylic acids is 1. The van der Waals surface area contributed by atoms with Gasteiger partial charge in [-0.1, -0.05) is 30.1 Å². The van der Waals surface area contributed by atoms with Crippen molar-refractivity contribution in [3.05, 3.63) is 28.0 Å². The van der Waals surface area contributed by atoms with E-state index in [0.29, 0.717) is 10.6 Å². The smallest absolute Gasteiger partial charge is 0.253 e. The van der Waals surface area contributed by atoms with Crippen molar-refractivity contribution in [2.75, 3.05) is 12.0 Å². The first-order chi connectivity index (χ1) is 8.08. The van der Waals surface area contributed by atoms with Crippen LogP contribution in [-0.4, -0.2) is 28.9 Å². The molecule has 0 saturated carbocycles. The Hall–Kier alpha value is -0.450. The number of nitrogens with zero attached hydrogens (tertiary/aromatic N) is 1. The second-order valence-corrected chi connectivity index (χ2v) is 5.23. The van der Waals surface area contributed by atoms with Crippen molar-refractivity contribution >= 4 is 40.9 Å². The van der Waals surface area contributed by atoms with Crippen LogP contribution in [0.4, 0.5) is 0 Å². The molecule has 1 amide bonds. The highest BCUT2D eigenvalue weighted by Gasteiger charge is 2.15. The zero-order chi connectivity index (χ0) is 12.8. The van der Waals surface area contributed by atoms with Crippen LogP contribution in [0.1, 0.15) is 23.7 Å². The zero-order valence-corrected chi connectivity index (χ0v) is 12.0. The fourth-order valence-corrected chi connectivity index (χ4v) is 2.38. The normalized spacial score (nSPS) is 12.2. The maximum absolute atomic E-state index is 12.0.